The number of para-hydroxylation sites is 1. The number of anilines is 1. The maximum absolute atomic E-state index is 12.8. The molecule has 0 radical (unpaired) electrons. The third-order valence-electron chi connectivity index (χ3n) is 5.33. The molecule has 4 aromatic carbocycles. The summed E-state index contributed by atoms with van der Waals surface area (Å²) in [5.74, 6) is 0.506. The number of sulfonamides is 1. The summed E-state index contributed by atoms with van der Waals surface area (Å²) in [5.41, 5.74) is 4.45. The molecular formula is C28H24ClN3O5S. The number of methoxy groups -OCH3 is 1. The lowest BCUT2D eigenvalue weighted by atomic mass is 10.2. The Kier molecular flexibility index (Phi) is 8.62. The highest BCUT2D eigenvalue weighted by Crippen LogP contribution is 2.28. The number of benzene rings is 4. The Morgan fingerprint density at radius 1 is 0.921 bits per heavy atom. The number of nitrogens with one attached hydrogen (secondary N) is 2. The van der Waals surface area contributed by atoms with Crippen LogP contribution in [0.25, 0.3) is 0 Å². The maximum Gasteiger partial charge on any atom is 0.271 e. The molecule has 10 heteroatoms. The van der Waals surface area contributed by atoms with Gasteiger partial charge in [0.1, 0.15) is 6.61 Å². The molecule has 0 aliphatic rings. The van der Waals surface area contributed by atoms with E-state index in [0.717, 1.165) is 5.56 Å². The summed E-state index contributed by atoms with van der Waals surface area (Å²) < 4.78 is 39.3. The number of amides is 1. The minimum Gasteiger partial charge on any atom is -0.493 e. The topological polar surface area (TPSA) is 106 Å². The Balaban J connectivity index is 1.40. The molecule has 0 fully saturated rings. The van der Waals surface area contributed by atoms with Gasteiger partial charge in [-0.3, -0.25) is 9.52 Å². The van der Waals surface area contributed by atoms with Crippen LogP contribution in [0.2, 0.25) is 5.02 Å². The Morgan fingerprint density at radius 3 is 2.45 bits per heavy atom. The van der Waals surface area contributed by atoms with Gasteiger partial charge in [-0.1, -0.05) is 60.1 Å². The summed E-state index contributed by atoms with van der Waals surface area (Å²) in [5, 5.41) is 4.24. The first-order valence-corrected chi connectivity index (χ1v) is 13.3. The summed E-state index contributed by atoms with van der Waals surface area (Å²) in [6, 6.07) is 27.1. The fraction of sp³-hybridized carbons (Fsp3) is 0.0714. The SMILES string of the molecule is COc1cc(/C=N/NC(=O)c2cccc(S(=O)(=O)Nc3ccccc3Cl)c2)ccc1OCc1ccccc1. The summed E-state index contributed by atoms with van der Waals surface area (Å²) >= 11 is 6.05. The number of carbonyl (C=O) groups is 1. The average Bonchev–Trinajstić information content (AvgIpc) is 2.94. The van der Waals surface area contributed by atoms with E-state index < -0.39 is 15.9 Å². The lowest BCUT2D eigenvalue weighted by Crippen LogP contribution is -2.19. The van der Waals surface area contributed by atoms with Gasteiger partial charge in [-0.05, 0) is 59.7 Å². The van der Waals surface area contributed by atoms with Crippen LogP contribution in [0.5, 0.6) is 11.5 Å². The van der Waals surface area contributed by atoms with Gasteiger partial charge in [0.25, 0.3) is 15.9 Å². The monoisotopic (exact) mass is 549 g/mol. The van der Waals surface area contributed by atoms with Crippen LogP contribution in [0.3, 0.4) is 0 Å². The van der Waals surface area contributed by atoms with Crippen LogP contribution in [0.1, 0.15) is 21.5 Å². The molecule has 0 bridgehead atoms. The van der Waals surface area contributed by atoms with Crippen molar-refractivity contribution in [3.05, 3.63) is 119 Å². The number of ether oxygens (including phenoxy) is 2. The Hall–Kier alpha value is -4.34. The molecule has 0 spiro atoms. The molecule has 0 saturated carbocycles. The summed E-state index contributed by atoms with van der Waals surface area (Å²) in [4.78, 5) is 12.5. The number of hydrogen-bond donors (Lipinski definition) is 2. The van der Waals surface area contributed by atoms with Gasteiger partial charge in [0.2, 0.25) is 0 Å². The Morgan fingerprint density at radius 2 is 1.68 bits per heavy atom. The van der Waals surface area contributed by atoms with E-state index >= 15 is 0 Å². The van der Waals surface area contributed by atoms with Crippen molar-refractivity contribution < 1.29 is 22.7 Å². The predicted molar refractivity (Wildman–Crippen MR) is 148 cm³/mol. The molecule has 2 N–H and O–H groups in total. The van der Waals surface area contributed by atoms with E-state index in [2.05, 4.69) is 15.2 Å². The van der Waals surface area contributed by atoms with Gasteiger partial charge in [0, 0.05) is 5.56 Å². The second kappa shape index (κ2) is 12.3. The van der Waals surface area contributed by atoms with Crippen molar-refractivity contribution in [1.82, 2.24) is 5.43 Å². The molecule has 0 unspecified atom stereocenters. The quantitative estimate of drug-likeness (QED) is 0.201. The van der Waals surface area contributed by atoms with Crippen molar-refractivity contribution in [2.45, 2.75) is 11.5 Å². The zero-order valence-corrected chi connectivity index (χ0v) is 21.9. The van der Waals surface area contributed by atoms with Gasteiger partial charge in [-0.25, -0.2) is 13.8 Å². The van der Waals surface area contributed by atoms with E-state index in [0.29, 0.717) is 23.7 Å². The molecule has 8 nitrogen and oxygen atoms in total. The largest absolute Gasteiger partial charge is 0.493 e. The standard InChI is InChI=1S/C28H24ClN3O5S/c1-36-27-16-21(14-15-26(27)37-19-20-8-3-2-4-9-20)18-30-31-28(33)22-10-7-11-23(17-22)38(34,35)32-25-13-6-5-12-24(25)29/h2-18,32H,19H2,1H3,(H,31,33)/b30-18+. The summed E-state index contributed by atoms with van der Waals surface area (Å²) in [7, 11) is -2.43. The van der Waals surface area contributed by atoms with Crippen molar-refractivity contribution in [2.24, 2.45) is 5.10 Å². The average molecular weight is 550 g/mol. The highest BCUT2D eigenvalue weighted by Gasteiger charge is 2.17. The molecule has 4 rings (SSSR count). The van der Waals surface area contributed by atoms with Gasteiger partial charge in [0.15, 0.2) is 11.5 Å². The number of halogens is 1. The van der Waals surface area contributed by atoms with Crippen LogP contribution < -0.4 is 19.6 Å². The van der Waals surface area contributed by atoms with E-state index in [9.17, 15) is 13.2 Å². The van der Waals surface area contributed by atoms with Crippen molar-refractivity contribution in [1.29, 1.82) is 0 Å². The van der Waals surface area contributed by atoms with Crippen LogP contribution in [-0.2, 0) is 16.6 Å². The minimum atomic E-state index is -3.97. The first-order chi connectivity index (χ1) is 18.4. The fourth-order valence-electron chi connectivity index (χ4n) is 3.40. The Labute approximate surface area is 225 Å². The van der Waals surface area contributed by atoms with Gasteiger partial charge in [-0.2, -0.15) is 5.10 Å². The molecule has 0 aromatic heterocycles. The van der Waals surface area contributed by atoms with Crippen LogP contribution in [0.4, 0.5) is 5.69 Å². The molecule has 194 valence electrons. The molecule has 0 atom stereocenters. The number of rotatable bonds is 10. The second-order valence-electron chi connectivity index (χ2n) is 8.00. The van der Waals surface area contributed by atoms with Crippen LogP contribution in [0.15, 0.2) is 107 Å². The maximum atomic E-state index is 12.8. The highest BCUT2D eigenvalue weighted by molar-refractivity contribution is 7.92. The molecule has 0 aliphatic heterocycles. The lowest BCUT2D eigenvalue weighted by Gasteiger charge is -2.11. The van der Waals surface area contributed by atoms with Crippen molar-refractivity contribution >= 4 is 39.4 Å². The number of carbonyl (C=O) groups excluding carboxylic acids is 1. The molecule has 38 heavy (non-hydrogen) atoms. The second-order valence-corrected chi connectivity index (χ2v) is 10.1. The Bertz CT molecular complexity index is 1560. The number of hydrazone groups is 1. The van der Waals surface area contributed by atoms with E-state index in [1.165, 1.54) is 37.6 Å². The molecule has 4 aromatic rings. The lowest BCUT2D eigenvalue weighted by molar-refractivity contribution is 0.0955. The van der Waals surface area contributed by atoms with Crippen LogP contribution in [-0.4, -0.2) is 27.6 Å². The first-order valence-electron chi connectivity index (χ1n) is 11.4. The third-order valence-corrected chi connectivity index (χ3v) is 7.02. The van der Waals surface area contributed by atoms with Crippen molar-refractivity contribution in [2.75, 3.05) is 11.8 Å². The number of hydrogen-bond acceptors (Lipinski definition) is 6. The molecular weight excluding hydrogens is 526 g/mol. The molecule has 1 amide bonds. The van der Waals surface area contributed by atoms with Gasteiger partial charge in [0.05, 0.1) is 28.9 Å². The summed E-state index contributed by atoms with van der Waals surface area (Å²) in [6.45, 7) is 0.392. The summed E-state index contributed by atoms with van der Waals surface area (Å²) in [6.07, 6.45) is 1.45. The molecule has 0 aliphatic carbocycles. The van der Waals surface area contributed by atoms with E-state index in [1.54, 1.807) is 42.5 Å². The minimum absolute atomic E-state index is 0.0927. The van der Waals surface area contributed by atoms with Gasteiger partial charge < -0.3 is 9.47 Å². The van der Waals surface area contributed by atoms with Crippen LogP contribution >= 0.6 is 11.6 Å². The van der Waals surface area contributed by atoms with E-state index in [1.807, 2.05) is 30.3 Å². The molecule has 0 heterocycles. The van der Waals surface area contributed by atoms with Crippen LogP contribution in [0, 0.1) is 0 Å². The van der Waals surface area contributed by atoms with Crippen molar-refractivity contribution in [3.8, 4) is 11.5 Å². The zero-order valence-electron chi connectivity index (χ0n) is 20.3. The van der Waals surface area contributed by atoms with Gasteiger partial charge >= 0.3 is 0 Å². The van der Waals surface area contributed by atoms with Gasteiger partial charge in [-0.15, -0.1) is 0 Å². The first kappa shape index (κ1) is 26.7. The fourth-order valence-corrected chi connectivity index (χ4v) is 4.77. The van der Waals surface area contributed by atoms with E-state index in [4.69, 9.17) is 21.1 Å². The van der Waals surface area contributed by atoms with E-state index in [-0.39, 0.29) is 21.2 Å². The van der Waals surface area contributed by atoms with Crippen molar-refractivity contribution in [3.63, 3.8) is 0 Å². The number of nitrogens with zero attached hydrogens (tertiary/aromatic N) is 1. The zero-order chi connectivity index (χ0) is 27.0. The molecule has 0 saturated heterocycles. The third kappa shape index (κ3) is 6.90. The predicted octanol–water partition coefficient (Wildman–Crippen LogP) is 5.49. The highest BCUT2D eigenvalue weighted by atomic mass is 35.5. The normalized spacial score (nSPS) is 11.2. The smallest absolute Gasteiger partial charge is 0.271 e.